The molecule has 1 heterocycles. The minimum absolute atomic E-state index is 1.12. The molecule has 0 N–H and O–H groups in total. The third kappa shape index (κ3) is 5.86. The average Bonchev–Trinajstić information content (AvgIpc) is 3.67. The fourth-order valence-corrected chi connectivity index (χ4v) is 9.74. The van der Waals surface area contributed by atoms with Crippen molar-refractivity contribution < 1.29 is 0 Å². The molecule has 0 amide bonds. The maximum Gasteiger partial charge on any atom is 0.0619 e. The molecule has 0 bridgehead atoms. The lowest BCUT2D eigenvalue weighted by atomic mass is 9.84. The van der Waals surface area contributed by atoms with E-state index in [2.05, 4.69) is 241 Å². The second-order valence-corrected chi connectivity index (χ2v) is 16.0. The van der Waals surface area contributed by atoms with Crippen LogP contribution in [0.2, 0.25) is 0 Å². The maximum atomic E-state index is 2.51. The summed E-state index contributed by atoms with van der Waals surface area (Å²) in [4.78, 5) is 0. The van der Waals surface area contributed by atoms with Gasteiger partial charge in [0.25, 0.3) is 0 Å². The molecule has 0 radical (unpaired) electrons. The first kappa shape index (κ1) is 35.0. The molecule has 12 rings (SSSR count). The van der Waals surface area contributed by atoms with Gasteiger partial charge >= 0.3 is 0 Å². The van der Waals surface area contributed by atoms with Gasteiger partial charge in [-0.15, -0.1) is 0 Å². The van der Waals surface area contributed by atoms with Gasteiger partial charge < -0.3 is 4.57 Å². The first-order valence-electron chi connectivity index (χ1n) is 21.1. The maximum absolute atomic E-state index is 2.51. The minimum Gasteiger partial charge on any atom is -0.309 e. The Balaban J connectivity index is 1.27. The van der Waals surface area contributed by atoms with E-state index in [0.29, 0.717) is 0 Å². The molecule has 1 nitrogen and oxygen atoms in total. The summed E-state index contributed by atoms with van der Waals surface area (Å²) in [6.07, 6.45) is 0. The molecule has 0 unspecified atom stereocenters. The fourth-order valence-electron chi connectivity index (χ4n) is 9.74. The van der Waals surface area contributed by atoms with E-state index in [0.717, 1.165) is 5.69 Å². The standard InChI is InChI=1S/C60H39N/c1-4-16-40(17-5-1)43-32-34-50(35-33-43)61-56-39-54-53(38-55(56)59(44-20-6-2-7-21-44)60(61)45-22-8-3-9-23-45)57(48-30-28-41-18-10-12-24-46(41)36-48)51-26-14-15-27-52(51)58(54)49-31-29-42-19-11-13-25-47(42)37-49/h1-39H. The molecule has 0 aliphatic rings. The number of hydrogen-bond donors (Lipinski definition) is 0. The Morgan fingerprint density at radius 2 is 0.656 bits per heavy atom. The van der Waals surface area contributed by atoms with Gasteiger partial charge in [-0.1, -0.05) is 200 Å². The highest BCUT2D eigenvalue weighted by molar-refractivity contribution is 6.25. The second-order valence-electron chi connectivity index (χ2n) is 16.0. The SMILES string of the molecule is c1ccc(-c2ccc(-n3c(-c4ccccc4)c(-c4ccccc4)c4cc5c(-c6ccc7ccccc7c6)c6ccccc6c(-c6ccc7ccccc7c6)c5cc43)cc2)cc1. The first-order valence-corrected chi connectivity index (χ1v) is 21.1. The predicted octanol–water partition coefficient (Wildman–Crippen LogP) is 16.6. The van der Waals surface area contributed by atoms with E-state index in [4.69, 9.17) is 0 Å². The molecule has 0 spiro atoms. The number of benzene rings is 11. The van der Waals surface area contributed by atoms with E-state index < -0.39 is 0 Å². The minimum atomic E-state index is 1.12. The molecule has 284 valence electrons. The van der Waals surface area contributed by atoms with Crippen LogP contribution in [0.3, 0.4) is 0 Å². The topological polar surface area (TPSA) is 4.93 Å². The van der Waals surface area contributed by atoms with E-state index in [1.165, 1.54) is 110 Å². The highest BCUT2D eigenvalue weighted by Crippen LogP contribution is 2.50. The quantitative estimate of drug-likeness (QED) is 0.148. The van der Waals surface area contributed by atoms with Crippen LogP contribution in [0, 0.1) is 0 Å². The van der Waals surface area contributed by atoms with E-state index in [1.54, 1.807) is 0 Å². The van der Waals surface area contributed by atoms with E-state index >= 15 is 0 Å². The van der Waals surface area contributed by atoms with Crippen molar-refractivity contribution in [3.05, 3.63) is 237 Å². The molecule has 0 aliphatic heterocycles. The zero-order valence-electron chi connectivity index (χ0n) is 33.5. The van der Waals surface area contributed by atoms with Crippen molar-refractivity contribution in [2.75, 3.05) is 0 Å². The third-order valence-corrected chi connectivity index (χ3v) is 12.5. The van der Waals surface area contributed by atoms with Gasteiger partial charge in [0.1, 0.15) is 0 Å². The van der Waals surface area contributed by atoms with Crippen LogP contribution >= 0.6 is 0 Å². The molecule has 12 aromatic rings. The zero-order chi connectivity index (χ0) is 40.3. The third-order valence-electron chi connectivity index (χ3n) is 12.5. The Kier molecular flexibility index (Phi) is 8.25. The number of aromatic nitrogens is 1. The normalized spacial score (nSPS) is 11.6. The van der Waals surface area contributed by atoms with Crippen LogP contribution in [0.15, 0.2) is 237 Å². The number of nitrogens with zero attached hydrogens (tertiary/aromatic N) is 1. The van der Waals surface area contributed by atoms with Crippen LogP contribution in [0.25, 0.3) is 115 Å². The molecule has 11 aromatic carbocycles. The summed E-state index contributed by atoms with van der Waals surface area (Å²) in [7, 11) is 0. The van der Waals surface area contributed by atoms with Crippen LogP contribution in [-0.4, -0.2) is 4.57 Å². The Bertz CT molecular complexity index is 3600. The molecule has 0 saturated carbocycles. The lowest BCUT2D eigenvalue weighted by Crippen LogP contribution is -1.98. The molecule has 1 heteroatoms. The van der Waals surface area contributed by atoms with Crippen molar-refractivity contribution in [2.45, 2.75) is 0 Å². The van der Waals surface area contributed by atoms with Crippen LogP contribution in [-0.2, 0) is 0 Å². The summed E-state index contributed by atoms with van der Waals surface area (Å²) in [6, 6.07) is 87.0. The van der Waals surface area contributed by atoms with Crippen molar-refractivity contribution >= 4 is 54.0 Å². The smallest absolute Gasteiger partial charge is 0.0619 e. The predicted molar refractivity (Wildman–Crippen MR) is 260 cm³/mol. The van der Waals surface area contributed by atoms with Crippen molar-refractivity contribution in [2.24, 2.45) is 0 Å². The van der Waals surface area contributed by atoms with Crippen molar-refractivity contribution in [3.8, 4) is 61.5 Å². The van der Waals surface area contributed by atoms with Gasteiger partial charge in [0.15, 0.2) is 0 Å². The van der Waals surface area contributed by atoms with E-state index in [1.807, 2.05) is 0 Å². The molecular formula is C60H39N. The van der Waals surface area contributed by atoms with Crippen molar-refractivity contribution in [3.63, 3.8) is 0 Å². The summed E-state index contributed by atoms with van der Waals surface area (Å²) in [5.74, 6) is 0. The van der Waals surface area contributed by atoms with Gasteiger partial charge in [0.05, 0.1) is 11.2 Å². The average molecular weight is 774 g/mol. The van der Waals surface area contributed by atoms with Crippen LogP contribution < -0.4 is 0 Å². The lowest BCUT2D eigenvalue weighted by Gasteiger charge is -2.19. The Hall–Kier alpha value is -8.00. The fraction of sp³-hybridized carbons (Fsp3) is 0. The van der Waals surface area contributed by atoms with Crippen LogP contribution in [0.1, 0.15) is 0 Å². The molecular weight excluding hydrogens is 735 g/mol. The lowest BCUT2D eigenvalue weighted by molar-refractivity contribution is 1.14. The van der Waals surface area contributed by atoms with E-state index in [-0.39, 0.29) is 0 Å². The molecule has 1 aromatic heterocycles. The molecule has 0 fully saturated rings. The van der Waals surface area contributed by atoms with Gasteiger partial charge in [-0.3, -0.25) is 0 Å². The Morgan fingerprint density at radius 3 is 1.21 bits per heavy atom. The first-order chi connectivity index (χ1) is 30.3. The van der Waals surface area contributed by atoms with Crippen LogP contribution in [0.5, 0.6) is 0 Å². The number of hydrogen-bond acceptors (Lipinski definition) is 0. The molecule has 61 heavy (non-hydrogen) atoms. The van der Waals surface area contributed by atoms with Gasteiger partial charge in [-0.2, -0.15) is 0 Å². The summed E-state index contributed by atoms with van der Waals surface area (Å²) < 4.78 is 2.51. The monoisotopic (exact) mass is 773 g/mol. The zero-order valence-corrected chi connectivity index (χ0v) is 33.5. The van der Waals surface area contributed by atoms with Crippen LogP contribution in [0.4, 0.5) is 0 Å². The summed E-state index contributed by atoms with van der Waals surface area (Å²) >= 11 is 0. The van der Waals surface area contributed by atoms with Crippen molar-refractivity contribution in [1.29, 1.82) is 0 Å². The number of fused-ring (bicyclic) bond motifs is 5. The largest absolute Gasteiger partial charge is 0.309 e. The van der Waals surface area contributed by atoms with E-state index in [9.17, 15) is 0 Å². The Labute approximate surface area is 355 Å². The highest BCUT2D eigenvalue weighted by Gasteiger charge is 2.25. The summed E-state index contributed by atoms with van der Waals surface area (Å²) in [5.41, 5.74) is 14.4. The number of rotatable bonds is 6. The summed E-state index contributed by atoms with van der Waals surface area (Å²) in [5, 5.41) is 11.1. The molecule has 0 atom stereocenters. The van der Waals surface area contributed by atoms with Gasteiger partial charge in [0, 0.05) is 16.6 Å². The van der Waals surface area contributed by atoms with Gasteiger partial charge in [-0.25, -0.2) is 0 Å². The molecule has 0 aliphatic carbocycles. The second kappa shape index (κ2) is 14.4. The highest BCUT2D eigenvalue weighted by atomic mass is 15.0. The molecule has 0 saturated heterocycles. The van der Waals surface area contributed by atoms with Gasteiger partial charge in [0.2, 0.25) is 0 Å². The Morgan fingerprint density at radius 1 is 0.230 bits per heavy atom. The van der Waals surface area contributed by atoms with Crippen molar-refractivity contribution in [1.82, 2.24) is 4.57 Å². The van der Waals surface area contributed by atoms with Gasteiger partial charge in [-0.05, 0) is 124 Å². The summed E-state index contributed by atoms with van der Waals surface area (Å²) in [6.45, 7) is 0.